The summed E-state index contributed by atoms with van der Waals surface area (Å²) in [6.07, 6.45) is -0.141. The Kier molecular flexibility index (Phi) is 6.13. The lowest BCUT2D eigenvalue weighted by molar-refractivity contribution is -0.159. The lowest BCUT2D eigenvalue weighted by Crippen LogP contribution is -2.40. The van der Waals surface area contributed by atoms with Gasteiger partial charge in [-0.1, -0.05) is 41.0 Å². The van der Waals surface area contributed by atoms with E-state index in [-0.39, 0.29) is 5.82 Å². The number of nitrogens with zero attached hydrogens (tertiary/aromatic N) is 5. The fourth-order valence-corrected chi connectivity index (χ4v) is 4.16. The number of halogens is 4. The molecule has 0 unspecified atom stereocenters. The van der Waals surface area contributed by atoms with Gasteiger partial charge in [-0.2, -0.15) is 18.2 Å². The number of pyridine rings is 1. The molecule has 1 aliphatic rings. The number of hydrogen-bond donors (Lipinski definition) is 2. The number of aromatic amines is 1. The maximum atomic E-state index is 12.6. The van der Waals surface area contributed by atoms with E-state index in [1.54, 1.807) is 24.4 Å². The normalized spacial score (nSPS) is 15.8. The van der Waals surface area contributed by atoms with E-state index in [0.29, 0.717) is 16.8 Å². The number of piperidine rings is 1. The number of nitrogens with one attached hydrogen (secondary N) is 2. The highest BCUT2D eigenvalue weighted by Crippen LogP contribution is 2.29. The second-order valence-electron chi connectivity index (χ2n) is 8.24. The van der Waals surface area contributed by atoms with Crippen LogP contribution in [0.4, 0.5) is 19.1 Å². The number of fused-ring (bicyclic) bond motifs is 1. The lowest BCUT2D eigenvalue weighted by Gasteiger charge is -2.32. The van der Waals surface area contributed by atoms with Gasteiger partial charge in [-0.25, -0.2) is 9.97 Å². The summed E-state index contributed by atoms with van der Waals surface area (Å²) < 4.78 is 42.2. The molecule has 0 atom stereocenters. The number of benzene rings is 1. The summed E-state index contributed by atoms with van der Waals surface area (Å²) >= 11 is 5.92. The van der Waals surface area contributed by atoms with E-state index >= 15 is 0 Å². The van der Waals surface area contributed by atoms with Gasteiger partial charge < -0.3 is 19.7 Å². The van der Waals surface area contributed by atoms with Crippen molar-refractivity contribution in [1.82, 2.24) is 30.0 Å². The molecule has 178 valence electrons. The summed E-state index contributed by atoms with van der Waals surface area (Å²) in [7, 11) is 0. The van der Waals surface area contributed by atoms with Crippen LogP contribution >= 0.6 is 11.6 Å². The van der Waals surface area contributed by atoms with E-state index in [9.17, 15) is 13.2 Å². The van der Waals surface area contributed by atoms with Gasteiger partial charge in [-0.3, -0.25) is 0 Å². The summed E-state index contributed by atoms with van der Waals surface area (Å²) in [5, 5.41) is 7.30. The molecule has 0 saturated carbocycles. The van der Waals surface area contributed by atoms with Gasteiger partial charge in [-0.15, -0.1) is 0 Å². The van der Waals surface area contributed by atoms with Crippen LogP contribution in [-0.2, 0) is 12.6 Å². The Morgan fingerprint density at radius 2 is 1.91 bits per heavy atom. The molecule has 0 bridgehead atoms. The Balaban J connectivity index is 1.09. The van der Waals surface area contributed by atoms with Crippen molar-refractivity contribution in [3.05, 3.63) is 53.1 Å². The molecule has 34 heavy (non-hydrogen) atoms. The van der Waals surface area contributed by atoms with Gasteiger partial charge in [0.05, 0.1) is 17.2 Å². The Bertz CT molecular complexity index is 1260. The number of imidazole rings is 1. The summed E-state index contributed by atoms with van der Waals surface area (Å²) in [6.45, 7) is 2.83. The molecule has 0 radical (unpaired) electrons. The molecule has 1 aliphatic heterocycles. The average molecular weight is 492 g/mol. The summed E-state index contributed by atoms with van der Waals surface area (Å²) in [6, 6.07) is 9.26. The minimum Gasteiger partial charge on any atom is -0.353 e. The zero-order chi connectivity index (χ0) is 23.7. The number of likely N-dealkylation sites (tertiary alicyclic amines) is 1. The van der Waals surface area contributed by atoms with E-state index in [2.05, 4.69) is 39.8 Å². The molecule has 5 rings (SSSR count). The third kappa shape index (κ3) is 5.15. The zero-order valence-electron chi connectivity index (χ0n) is 17.9. The van der Waals surface area contributed by atoms with Gasteiger partial charge in [0.25, 0.3) is 0 Å². The molecule has 1 saturated heterocycles. The van der Waals surface area contributed by atoms with Gasteiger partial charge in [0.15, 0.2) is 0 Å². The van der Waals surface area contributed by atoms with Crippen molar-refractivity contribution in [2.24, 2.45) is 0 Å². The molecule has 0 amide bonds. The predicted octanol–water partition coefficient (Wildman–Crippen LogP) is 4.80. The minimum atomic E-state index is -4.65. The topological polar surface area (TPSA) is 95.8 Å². The van der Waals surface area contributed by atoms with Crippen LogP contribution in [0, 0.1) is 0 Å². The Hall–Kier alpha value is -3.18. The number of aromatic nitrogens is 5. The molecule has 0 spiro atoms. The second-order valence-corrected chi connectivity index (χ2v) is 8.62. The van der Waals surface area contributed by atoms with E-state index in [4.69, 9.17) is 11.6 Å². The molecular formula is C22H21ClF3N7O. The molecule has 4 aromatic rings. The van der Waals surface area contributed by atoms with Crippen LogP contribution in [0.5, 0.6) is 0 Å². The Morgan fingerprint density at radius 1 is 1.15 bits per heavy atom. The molecule has 3 aromatic heterocycles. The van der Waals surface area contributed by atoms with Crippen molar-refractivity contribution < 1.29 is 17.7 Å². The van der Waals surface area contributed by atoms with Crippen LogP contribution in [0.25, 0.3) is 22.4 Å². The third-order valence-corrected chi connectivity index (χ3v) is 6.07. The van der Waals surface area contributed by atoms with Gasteiger partial charge in [0.1, 0.15) is 5.15 Å². The minimum absolute atomic E-state index is 0.0720. The monoisotopic (exact) mass is 491 g/mol. The molecule has 12 heteroatoms. The van der Waals surface area contributed by atoms with Gasteiger partial charge >= 0.3 is 12.1 Å². The Morgan fingerprint density at radius 3 is 2.62 bits per heavy atom. The van der Waals surface area contributed by atoms with Crippen LogP contribution < -0.4 is 5.32 Å². The molecule has 8 nitrogen and oxygen atoms in total. The van der Waals surface area contributed by atoms with Crippen LogP contribution in [0.1, 0.15) is 24.3 Å². The van der Waals surface area contributed by atoms with Crippen LogP contribution in [0.3, 0.4) is 0 Å². The predicted molar refractivity (Wildman–Crippen MR) is 120 cm³/mol. The first kappa shape index (κ1) is 22.6. The largest absolute Gasteiger partial charge is 0.471 e. The van der Waals surface area contributed by atoms with Crippen molar-refractivity contribution >= 4 is 28.6 Å². The van der Waals surface area contributed by atoms with Crippen molar-refractivity contribution in [1.29, 1.82) is 0 Å². The summed E-state index contributed by atoms with van der Waals surface area (Å²) in [5.41, 5.74) is 3.21. The number of H-pyrrole nitrogens is 1. The summed E-state index contributed by atoms with van der Waals surface area (Å²) in [4.78, 5) is 17.6. The summed E-state index contributed by atoms with van der Waals surface area (Å²) in [5.74, 6) is -0.690. The number of rotatable bonds is 6. The van der Waals surface area contributed by atoms with Crippen LogP contribution in [-0.4, -0.2) is 55.7 Å². The third-order valence-electron chi connectivity index (χ3n) is 5.86. The molecule has 1 aromatic carbocycles. The Labute approximate surface area is 197 Å². The number of anilines is 1. The quantitative estimate of drug-likeness (QED) is 0.374. The molecule has 1 fully saturated rings. The smallest absolute Gasteiger partial charge is 0.353 e. The van der Waals surface area contributed by atoms with Crippen molar-refractivity contribution in [2.75, 3.05) is 25.0 Å². The standard InChI is InChI=1S/C22H21ClF3N7O/c23-18-11-16-17(12-27-18)30-21(29-16)28-15-6-9-33(10-7-15)8-5-13-1-3-14(4-2-13)19-31-20(34-32-19)22(24,25)26/h1-4,11-12,15H,5-10H2,(H2,28,29,30). The molecular weight excluding hydrogens is 471 g/mol. The van der Waals surface area contributed by atoms with Gasteiger partial charge in [-0.05, 0) is 24.8 Å². The van der Waals surface area contributed by atoms with E-state index in [0.717, 1.165) is 61.4 Å². The fraction of sp³-hybridized carbons (Fsp3) is 0.364. The van der Waals surface area contributed by atoms with Gasteiger partial charge in [0, 0.05) is 37.3 Å². The first-order chi connectivity index (χ1) is 16.3. The van der Waals surface area contributed by atoms with Crippen LogP contribution in [0.15, 0.2) is 41.1 Å². The van der Waals surface area contributed by atoms with E-state index in [1.807, 2.05) is 12.1 Å². The van der Waals surface area contributed by atoms with E-state index in [1.165, 1.54) is 0 Å². The lowest BCUT2D eigenvalue weighted by atomic mass is 10.0. The van der Waals surface area contributed by atoms with Crippen molar-refractivity contribution in [3.8, 4) is 11.4 Å². The van der Waals surface area contributed by atoms with Crippen LogP contribution in [0.2, 0.25) is 5.15 Å². The maximum absolute atomic E-state index is 12.6. The first-order valence-corrected chi connectivity index (χ1v) is 11.2. The van der Waals surface area contributed by atoms with Gasteiger partial charge in [0.2, 0.25) is 11.8 Å². The number of hydrogen-bond acceptors (Lipinski definition) is 7. The van der Waals surface area contributed by atoms with Crippen molar-refractivity contribution in [2.45, 2.75) is 31.5 Å². The molecule has 2 N–H and O–H groups in total. The number of alkyl halides is 3. The SMILES string of the molecule is FC(F)(F)c1nc(-c2ccc(CCN3CCC(Nc4nc5cc(Cl)ncc5[nH]4)CC3)cc2)no1. The second kappa shape index (κ2) is 9.22. The maximum Gasteiger partial charge on any atom is 0.471 e. The van der Waals surface area contributed by atoms with E-state index < -0.39 is 12.1 Å². The fourth-order valence-electron chi connectivity index (χ4n) is 4.01. The molecule has 0 aliphatic carbocycles. The highest BCUT2D eigenvalue weighted by Gasteiger charge is 2.38. The first-order valence-electron chi connectivity index (χ1n) is 10.8. The highest BCUT2D eigenvalue weighted by atomic mass is 35.5. The average Bonchev–Trinajstić information content (AvgIpc) is 3.46. The van der Waals surface area contributed by atoms with Crippen molar-refractivity contribution in [3.63, 3.8) is 0 Å². The molecule has 4 heterocycles. The highest BCUT2D eigenvalue weighted by molar-refractivity contribution is 6.29. The zero-order valence-corrected chi connectivity index (χ0v) is 18.7.